The molecule has 10 nitrogen and oxygen atoms in total. The van der Waals surface area contributed by atoms with E-state index >= 15 is 0 Å². The van der Waals surface area contributed by atoms with Gasteiger partial charge in [0.15, 0.2) is 11.5 Å². The number of fused-ring (bicyclic) bond motifs is 5. The Balaban J connectivity index is 1.86. The van der Waals surface area contributed by atoms with E-state index in [-0.39, 0.29) is 41.6 Å². The molecule has 10 heteroatoms. The number of phenolic OH excluding ortho intramolecular Hbond substituents is 1. The summed E-state index contributed by atoms with van der Waals surface area (Å²) in [5.74, 6) is 0.636. The van der Waals surface area contributed by atoms with E-state index in [1.807, 2.05) is 12.1 Å². The van der Waals surface area contributed by atoms with E-state index in [9.17, 15) is 30.3 Å². The molecular formula is C27H34O10. The third-order valence-electron chi connectivity index (χ3n) is 6.95. The highest BCUT2D eigenvalue weighted by molar-refractivity contribution is 5.83. The average molecular weight is 519 g/mol. The van der Waals surface area contributed by atoms with Crippen LogP contribution in [-0.2, 0) is 22.4 Å². The number of aromatic hydroxyl groups is 1. The van der Waals surface area contributed by atoms with Crippen molar-refractivity contribution in [3.63, 3.8) is 0 Å². The van der Waals surface area contributed by atoms with Gasteiger partial charge in [-0.1, -0.05) is 6.07 Å². The number of hydrogen-bond donors (Lipinski definition) is 5. The lowest BCUT2D eigenvalue weighted by Gasteiger charge is -2.40. The molecule has 2 aromatic rings. The van der Waals surface area contributed by atoms with Gasteiger partial charge in [-0.3, -0.25) is 4.79 Å². The number of Topliss-reactive ketones (excluding diaryl/α,β-unsaturated/α-hetero) is 1. The molecule has 2 aliphatic rings. The lowest BCUT2D eigenvalue weighted by Crippen LogP contribution is -2.60. The van der Waals surface area contributed by atoms with Crippen molar-refractivity contribution in [1.29, 1.82) is 0 Å². The number of aryl methyl sites for hydroxylation is 2. The quantitative estimate of drug-likeness (QED) is 0.393. The van der Waals surface area contributed by atoms with E-state index in [1.165, 1.54) is 14.2 Å². The van der Waals surface area contributed by atoms with Crippen molar-refractivity contribution in [3.8, 4) is 34.1 Å². The maximum absolute atomic E-state index is 12.6. The van der Waals surface area contributed by atoms with Gasteiger partial charge < -0.3 is 44.5 Å². The lowest BCUT2D eigenvalue weighted by atomic mass is 9.95. The number of methoxy groups -OCH3 is 2. The Bertz CT molecular complexity index is 1110. The highest BCUT2D eigenvalue weighted by atomic mass is 16.7. The SMILES string of the molecule is COc1c2cc(c(OC3OC(CO)C(O)C(O)C3O)c1OC)CCC(=O)CCCCc1ccc(O)c-2c1. The molecule has 1 fully saturated rings. The predicted octanol–water partition coefficient (Wildman–Crippen LogP) is 1.48. The molecule has 4 rings (SSSR count). The second-order valence-electron chi connectivity index (χ2n) is 9.39. The zero-order valence-corrected chi connectivity index (χ0v) is 20.9. The van der Waals surface area contributed by atoms with Crippen LogP contribution in [0.2, 0.25) is 0 Å². The van der Waals surface area contributed by atoms with Gasteiger partial charge in [0.1, 0.15) is 35.9 Å². The van der Waals surface area contributed by atoms with Gasteiger partial charge in [0.05, 0.1) is 20.8 Å². The van der Waals surface area contributed by atoms with Crippen molar-refractivity contribution in [2.24, 2.45) is 0 Å². The predicted molar refractivity (Wildman–Crippen MR) is 132 cm³/mol. The van der Waals surface area contributed by atoms with Crippen LogP contribution in [0, 0.1) is 0 Å². The van der Waals surface area contributed by atoms with Crippen molar-refractivity contribution < 1.29 is 49.3 Å². The van der Waals surface area contributed by atoms with Gasteiger partial charge in [0.25, 0.3) is 0 Å². The number of ketones is 1. The number of rotatable bonds is 5. The molecule has 4 bridgehead atoms. The zero-order valence-electron chi connectivity index (χ0n) is 20.9. The highest BCUT2D eigenvalue weighted by Gasteiger charge is 2.45. The molecule has 0 aromatic heterocycles. The van der Waals surface area contributed by atoms with Crippen LogP contribution in [0.5, 0.6) is 23.0 Å². The maximum Gasteiger partial charge on any atom is 0.229 e. The number of benzene rings is 2. The number of ether oxygens (including phenoxy) is 4. The van der Waals surface area contributed by atoms with Crippen LogP contribution in [-0.4, -0.2) is 82.8 Å². The number of phenols is 1. The summed E-state index contributed by atoms with van der Waals surface area (Å²) in [7, 11) is 2.85. The number of hydrogen-bond acceptors (Lipinski definition) is 10. The van der Waals surface area contributed by atoms with E-state index in [0.29, 0.717) is 23.1 Å². The summed E-state index contributed by atoms with van der Waals surface area (Å²) < 4.78 is 22.9. The smallest absolute Gasteiger partial charge is 0.229 e. The number of carbonyl (C=O) groups excluding carboxylic acids is 1. The van der Waals surface area contributed by atoms with Crippen LogP contribution < -0.4 is 14.2 Å². The van der Waals surface area contributed by atoms with Gasteiger partial charge in [-0.2, -0.15) is 0 Å². The Hall–Kier alpha value is -2.89. The van der Waals surface area contributed by atoms with Gasteiger partial charge in [0, 0.05) is 24.0 Å². The molecule has 5 atom stereocenters. The third kappa shape index (κ3) is 5.53. The lowest BCUT2D eigenvalue weighted by molar-refractivity contribution is -0.277. The molecule has 0 radical (unpaired) electrons. The molecule has 1 saturated heterocycles. The normalized spacial score (nSPS) is 26.4. The van der Waals surface area contributed by atoms with E-state index in [0.717, 1.165) is 24.8 Å². The Kier molecular flexibility index (Phi) is 8.56. The summed E-state index contributed by atoms with van der Waals surface area (Å²) in [5.41, 5.74) is 2.59. The first-order valence-corrected chi connectivity index (χ1v) is 12.4. The number of carbonyl (C=O) groups is 1. The summed E-state index contributed by atoms with van der Waals surface area (Å²) >= 11 is 0. The fraction of sp³-hybridized carbons (Fsp3) is 0.519. The maximum atomic E-state index is 12.6. The van der Waals surface area contributed by atoms with E-state index in [4.69, 9.17) is 18.9 Å². The highest BCUT2D eigenvalue weighted by Crippen LogP contribution is 2.50. The number of aliphatic hydroxyl groups is 4. The van der Waals surface area contributed by atoms with Crippen molar-refractivity contribution >= 4 is 5.78 Å². The molecule has 5 N–H and O–H groups in total. The second kappa shape index (κ2) is 11.7. The molecule has 0 saturated carbocycles. The summed E-state index contributed by atoms with van der Waals surface area (Å²) in [6.45, 7) is -0.610. The minimum absolute atomic E-state index is 0.0450. The van der Waals surface area contributed by atoms with Crippen molar-refractivity contribution in [3.05, 3.63) is 35.4 Å². The van der Waals surface area contributed by atoms with Crippen LogP contribution >= 0.6 is 0 Å². The molecule has 0 spiro atoms. The first kappa shape index (κ1) is 27.2. The first-order valence-electron chi connectivity index (χ1n) is 12.4. The Labute approximate surface area is 215 Å². The van der Waals surface area contributed by atoms with E-state index < -0.39 is 37.3 Å². The summed E-state index contributed by atoms with van der Waals surface area (Å²) in [5, 5.41) is 51.2. The average Bonchev–Trinajstić information content (AvgIpc) is 2.91. The van der Waals surface area contributed by atoms with Crippen LogP contribution in [0.4, 0.5) is 0 Å². The van der Waals surface area contributed by atoms with Crippen molar-refractivity contribution in [2.45, 2.75) is 69.2 Å². The van der Waals surface area contributed by atoms with Gasteiger partial charge in [-0.25, -0.2) is 0 Å². The zero-order chi connectivity index (χ0) is 26.7. The fourth-order valence-corrected chi connectivity index (χ4v) is 4.87. The summed E-state index contributed by atoms with van der Waals surface area (Å²) in [6.07, 6.45) is -4.18. The topological polar surface area (TPSA) is 155 Å². The molecule has 37 heavy (non-hydrogen) atoms. The number of aliphatic hydroxyl groups excluding tert-OH is 4. The monoisotopic (exact) mass is 518 g/mol. The molecule has 2 aromatic carbocycles. The van der Waals surface area contributed by atoms with Crippen LogP contribution in [0.25, 0.3) is 11.1 Å². The minimum Gasteiger partial charge on any atom is -0.507 e. The first-order chi connectivity index (χ1) is 17.8. The van der Waals surface area contributed by atoms with Crippen LogP contribution in [0.3, 0.4) is 0 Å². The van der Waals surface area contributed by atoms with Crippen LogP contribution in [0.1, 0.15) is 36.8 Å². The molecule has 0 amide bonds. The summed E-state index contributed by atoms with van der Waals surface area (Å²) in [4.78, 5) is 12.6. The van der Waals surface area contributed by atoms with E-state index in [2.05, 4.69) is 0 Å². The van der Waals surface area contributed by atoms with Crippen molar-refractivity contribution in [2.75, 3.05) is 20.8 Å². The molecule has 202 valence electrons. The largest absolute Gasteiger partial charge is 0.507 e. The molecule has 1 heterocycles. The van der Waals surface area contributed by atoms with Gasteiger partial charge >= 0.3 is 0 Å². The Morgan fingerprint density at radius 3 is 2.30 bits per heavy atom. The van der Waals surface area contributed by atoms with Gasteiger partial charge in [-0.15, -0.1) is 0 Å². The van der Waals surface area contributed by atoms with Gasteiger partial charge in [0.2, 0.25) is 12.0 Å². The molecule has 1 aliphatic heterocycles. The minimum atomic E-state index is -1.64. The standard InChI is InChI=1S/C27H34O10/c1-34-25-18-12-15(8-9-16(29)6-4-3-5-14-7-10-19(30)17(18)11-14)24(26(25)35-2)37-27-23(33)22(32)21(31)20(13-28)36-27/h7,10-12,20-23,27-28,30-33H,3-6,8-9,13H2,1-2H3. The Morgan fingerprint density at radius 1 is 0.865 bits per heavy atom. The summed E-state index contributed by atoms with van der Waals surface area (Å²) in [6, 6.07) is 7.10. The van der Waals surface area contributed by atoms with Crippen LogP contribution in [0.15, 0.2) is 24.3 Å². The van der Waals surface area contributed by atoms with Gasteiger partial charge in [-0.05, 0) is 55.0 Å². The Morgan fingerprint density at radius 2 is 1.59 bits per heavy atom. The third-order valence-corrected chi connectivity index (χ3v) is 6.95. The second-order valence-corrected chi connectivity index (χ2v) is 9.39. The molecule has 1 aliphatic carbocycles. The van der Waals surface area contributed by atoms with Crippen molar-refractivity contribution in [1.82, 2.24) is 0 Å². The fourth-order valence-electron chi connectivity index (χ4n) is 4.87. The van der Waals surface area contributed by atoms with E-state index in [1.54, 1.807) is 12.1 Å². The molecular weight excluding hydrogens is 484 g/mol. The molecule has 5 unspecified atom stereocenters.